The highest BCUT2D eigenvalue weighted by Gasteiger charge is 2.26. The summed E-state index contributed by atoms with van der Waals surface area (Å²) in [7, 11) is 0. The largest absolute Gasteiger partial charge is 0.488 e. The Morgan fingerprint density at radius 1 is 1.69 bits per heavy atom. The number of hydrogen-bond acceptors (Lipinski definition) is 4. The first kappa shape index (κ1) is 11.8. The molecule has 2 rings (SSSR count). The molecule has 2 atom stereocenters. The van der Waals surface area contributed by atoms with Crippen molar-refractivity contribution in [3.8, 4) is 5.75 Å². The lowest BCUT2D eigenvalue weighted by Crippen LogP contribution is -2.27. The topological polar surface area (TPSA) is 51.6 Å². The van der Waals surface area contributed by atoms with Gasteiger partial charge in [0.15, 0.2) is 5.75 Å². The van der Waals surface area contributed by atoms with Gasteiger partial charge in [0.2, 0.25) is 0 Å². The van der Waals surface area contributed by atoms with E-state index in [-0.39, 0.29) is 6.10 Å². The van der Waals surface area contributed by atoms with Crippen molar-refractivity contribution in [1.29, 1.82) is 0 Å². The molecule has 2 heterocycles. The molecule has 0 aliphatic carbocycles. The van der Waals surface area contributed by atoms with Gasteiger partial charge in [0, 0.05) is 12.3 Å². The zero-order valence-corrected chi connectivity index (χ0v) is 10.6. The quantitative estimate of drug-likeness (QED) is 0.919. The maximum Gasteiger partial charge on any atom is 0.151 e. The van der Waals surface area contributed by atoms with Gasteiger partial charge in [-0.3, -0.25) is 4.98 Å². The van der Waals surface area contributed by atoms with Gasteiger partial charge >= 0.3 is 0 Å². The van der Waals surface area contributed by atoms with E-state index < -0.39 is 6.10 Å². The van der Waals surface area contributed by atoms with Crippen LogP contribution >= 0.6 is 15.9 Å². The molecule has 0 spiro atoms. The molecule has 4 nitrogen and oxygen atoms in total. The fourth-order valence-electron chi connectivity index (χ4n) is 1.59. The maximum absolute atomic E-state index is 9.55. The molecule has 1 aromatic heterocycles. The van der Waals surface area contributed by atoms with E-state index in [1.807, 2.05) is 13.0 Å². The second kappa shape index (κ2) is 5.12. The molecule has 0 saturated carbocycles. The first-order valence-electron chi connectivity index (χ1n) is 5.21. The zero-order chi connectivity index (χ0) is 11.5. The van der Waals surface area contributed by atoms with Crippen LogP contribution in [0.5, 0.6) is 5.75 Å². The van der Waals surface area contributed by atoms with E-state index in [4.69, 9.17) is 9.47 Å². The second-order valence-electron chi connectivity index (χ2n) is 3.83. The maximum atomic E-state index is 9.55. The molecule has 0 amide bonds. The smallest absolute Gasteiger partial charge is 0.151 e. The highest BCUT2D eigenvalue weighted by Crippen LogP contribution is 2.25. The first-order chi connectivity index (χ1) is 7.66. The lowest BCUT2D eigenvalue weighted by atomic mass is 10.2. The standard InChI is InChI=1S/C11H14BrNO3/c1-7-4-8(12)10(5-13-7)16-6-11-9(14)2-3-15-11/h4-5,9,11,14H,2-3,6H2,1H3/t9-,11+/m0/s1. The zero-order valence-electron chi connectivity index (χ0n) is 9.02. The van der Waals surface area contributed by atoms with Gasteiger partial charge < -0.3 is 14.6 Å². The van der Waals surface area contributed by atoms with E-state index in [1.165, 1.54) is 0 Å². The van der Waals surface area contributed by atoms with Crippen molar-refractivity contribution in [1.82, 2.24) is 4.98 Å². The van der Waals surface area contributed by atoms with Gasteiger partial charge in [0.1, 0.15) is 12.7 Å². The number of rotatable bonds is 3. The summed E-state index contributed by atoms with van der Waals surface area (Å²) >= 11 is 3.40. The van der Waals surface area contributed by atoms with Gasteiger partial charge in [-0.15, -0.1) is 0 Å². The van der Waals surface area contributed by atoms with Gasteiger partial charge in [0.05, 0.1) is 16.8 Å². The Morgan fingerprint density at radius 2 is 2.50 bits per heavy atom. The number of hydrogen-bond donors (Lipinski definition) is 1. The van der Waals surface area contributed by atoms with Crippen molar-refractivity contribution in [2.24, 2.45) is 0 Å². The predicted molar refractivity (Wildman–Crippen MR) is 62.5 cm³/mol. The van der Waals surface area contributed by atoms with Crippen LogP contribution in [-0.4, -0.2) is 35.5 Å². The van der Waals surface area contributed by atoms with Crippen molar-refractivity contribution in [2.45, 2.75) is 25.6 Å². The average Bonchev–Trinajstić information content (AvgIpc) is 2.63. The van der Waals surface area contributed by atoms with Crippen LogP contribution in [0.1, 0.15) is 12.1 Å². The lowest BCUT2D eigenvalue weighted by Gasteiger charge is -2.15. The summed E-state index contributed by atoms with van der Waals surface area (Å²) < 4.78 is 11.8. The lowest BCUT2D eigenvalue weighted by molar-refractivity contribution is 0.0107. The molecule has 16 heavy (non-hydrogen) atoms. The molecule has 1 N–H and O–H groups in total. The van der Waals surface area contributed by atoms with Crippen LogP contribution in [0, 0.1) is 6.92 Å². The summed E-state index contributed by atoms with van der Waals surface area (Å²) in [4.78, 5) is 4.15. The average molecular weight is 288 g/mol. The molecule has 1 aliphatic rings. The third-order valence-electron chi connectivity index (χ3n) is 2.53. The number of nitrogens with zero attached hydrogens (tertiary/aromatic N) is 1. The Morgan fingerprint density at radius 3 is 3.12 bits per heavy atom. The second-order valence-corrected chi connectivity index (χ2v) is 4.69. The predicted octanol–water partition coefficient (Wildman–Crippen LogP) is 1.68. The van der Waals surface area contributed by atoms with E-state index in [9.17, 15) is 5.11 Å². The van der Waals surface area contributed by atoms with Gasteiger partial charge in [-0.1, -0.05) is 0 Å². The van der Waals surface area contributed by atoms with Gasteiger partial charge in [-0.25, -0.2) is 0 Å². The molecule has 0 aromatic carbocycles. The Balaban J connectivity index is 1.94. The van der Waals surface area contributed by atoms with Crippen LogP contribution in [0.3, 0.4) is 0 Å². The van der Waals surface area contributed by atoms with Crippen LogP contribution < -0.4 is 4.74 Å². The number of ether oxygens (including phenoxy) is 2. The van der Waals surface area contributed by atoms with E-state index in [0.29, 0.717) is 25.4 Å². The molecule has 1 aliphatic heterocycles. The molecule has 1 fully saturated rings. The molecule has 0 radical (unpaired) electrons. The van der Waals surface area contributed by atoms with Crippen LogP contribution in [0.2, 0.25) is 0 Å². The van der Waals surface area contributed by atoms with E-state index in [0.717, 1.165) is 10.2 Å². The van der Waals surface area contributed by atoms with Crippen molar-refractivity contribution >= 4 is 15.9 Å². The first-order valence-corrected chi connectivity index (χ1v) is 6.01. The fourth-order valence-corrected chi connectivity index (χ4v) is 2.14. The van der Waals surface area contributed by atoms with E-state index >= 15 is 0 Å². The number of halogens is 1. The number of pyridine rings is 1. The van der Waals surface area contributed by atoms with Gasteiger partial charge in [0.25, 0.3) is 0 Å². The van der Waals surface area contributed by atoms with E-state index in [2.05, 4.69) is 20.9 Å². The number of aryl methyl sites for hydroxylation is 1. The van der Waals surface area contributed by atoms with Crippen molar-refractivity contribution in [2.75, 3.05) is 13.2 Å². The van der Waals surface area contributed by atoms with Crippen LogP contribution in [-0.2, 0) is 4.74 Å². The van der Waals surface area contributed by atoms with Crippen LogP contribution in [0.25, 0.3) is 0 Å². The highest BCUT2D eigenvalue weighted by molar-refractivity contribution is 9.10. The van der Waals surface area contributed by atoms with Gasteiger partial charge in [-0.2, -0.15) is 0 Å². The number of aliphatic hydroxyl groups excluding tert-OH is 1. The molecule has 1 saturated heterocycles. The normalized spacial score (nSPS) is 24.7. The Hall–Kier alpha value is -0.650. The summed E-state index contributed by atoms with van der Waals surface area (Å²) in [6.07, 6.45) is 1.70. The Labute approximate surface area is 103 Å². The SMILES string of the molecule is Cc1cc(Br)c(OC[C@H]2OCC[C@@H]2O)cn1. The third-order valence-corrected chi connectivity index (χ3v) is 3.15. The number of aromatic nitrogens is 1. The third kappa shape index (κ3) is 2.72. The van der Waals surface area contributed by atoms with Gasteiger partial charge in [-0.05, 0) is 35.3 Å². The summed E-state index contributed by atoms with van der Waals surface area (Å²) in [6.45, 7) is 2.87. The Bertz CT molecular complexity index is 372. The minimum absolute atomic E-state index is 0.229. The molecular formula is C11H14BrNO3. The summed E-state index contributed by atoms with van der Waals surface area (Å²) in [6, 6.07) is 1.89. The highest BCUT2D eigenvalue weighted by atomic mass is 79.9. The fraction of sp³-hybridized carbons (Fsp3) is 0.545. The summed E-state index contributed by atoms with van der Waals surface area (Å²) in [5.41, 5.74) is 0.927. The van der Waals surface area contributed by atoms with Crippen LogP contribution in [0.15, 0.2) is 16.7 Å². The van der Waals surface area contributed by atoms with E-state index in [1.54, 1.807) is 6.20 Å². The van der Waals surface area contributed by atoms with Crippen molar-refractivity contribution < 1.29 is 14.6 Å². The molecular weight excluding hydrogens is 274 g/mol. The molecule has 88 valence electrons. The molecule has 1 aromatic rings. The minimum Gasteiger partial charge on any atom is -0.488 e. The summed E-state index contributed by atoms with van der Waals surface area (Å²) in [5, 5.41) is 9.55. The van der Waals surface area contributed by atoms with Crippen molar-refractivity contribution in [3.63, 3.8) is 0 Å². The Kier molecular flexibility index (Phi) is 3.78. The molecule has 0 bridgehead atoms. The molecule has 5 heteroatoms. The van der Waals surface area contributed by atoms with Crippen molar-refractivity contribution in [3.05, 3.63) is 22.4 Å². The molecule has 0 unspecified atom stereocenters. The van der Waals surface area contributed by atoms with Crippen LogP contribution in [0.4, 0.5) is 0 Å². The number of aliphatic hydroxyl groups is 1. The summed E-state index contributed by atoms with van der Waals surface area (Å²) in [5.74, 6) is 0.674. The monoisotopic (exact) mass is 287 g/mol. The minimum atomic E-state index is -0.419.